The third-order valence-electron chi connectivity index (χ3n) is 2.58. The van der Waals surface area contributed by atoms with Crippen molar-refractivity contribution in [3.63, 3.8) is 0 Å². The van der Waals surface area contributed by atoms with Crippen LogP contribution in [0.5, 0.6) is 0 Å². The van der Waals surface area contributed by atoms with Crippen LogP contribution in [-0.4, -0.2) is 44.8 Å². The molecular formula is C13H21N3O2. The summed E-state index contributed by atoms with van der Waals surface area (Å²) in [4.78, 5) is 14.0. The molecule has 5 heteroatoms. The highest BCUT2D eigenvalue weighted by Gasteiger charge is 2.23. The van der Waals surface area contributed by atoms with Crippen LogP contribution in [0, 0.1) is 13.8 Å². The van der Waals surface area contributed by atoms with Gasteiger partial charge in [-0.2, -0.15) is 10.2 Å². The number of carbonyl (C=O) groups is 1. The van der Waals surface area contributed by atoms with E-state index in [1.54, 1.807) is 38.7 Å². The average molecular weight is 251 g/mol. The molecule has 0 aliphatic heterocycles. The Kier molecular flexibility index (Phi) is 4.40. The van der Waals surface area contributed by atoms with E-state index in [1.165, 1.54) is 0 Å². The van der Waals surface area contributed by atoms with Crippen molar-refractivity contribution in [2.45, 2.75) is 40.2 Å². The monoisotopic (exact) mass is 251 g/mol. The van der Waals surface area contributed by atoms with Gasteiger partial charge in [-0.25, -0.2) is 0 Å². The van der Waals surface area contributed by atoms with Crippen LogP contribution in [0.15, 0.2) is 6.07 Å². The molecule has 18 heavy (non-hydrogen) atoms. The molecule has 100 valence electrons. The van der Waals surface area contributed by atoms with Crippen molar-refractivity contribution in [3.8, 4) is 0 Å². The highest BCUT2D eigenvalue weighted by atomic mass is 16.3. The van der Waals surface area contributed by atoms with Crippen LogP contribution in [0.1, 0.15) is 42.5 Å². The number of aryl methyl sites for hydroxylation is 2. The first-order chi connectivity index (χ1) is 8.24. The van der Waals surface area contributed by atoms with Crippen LogP contribution in [0.25, 0.3) is 0 Å². The standard InChI is InChI=1S/C13H21N3O2/c1-6-16(8-13(4,5)18)12(17)11-7-9(2)14-15-10(11)3/h7,18H,6,8H2,1-5H3. The second kappa shape index (κ2) is 5.44. The molecule has 0 aliphatic rings. The van der Waals surface area contributed by atoms with Gasteiger partial charge in [-0.3, -0.25) is 4.79 Å². The van der Waals surface area contributed by atoms with Crippen LogP contribution in [0.3, 0.4) is 0 Å². The number of rotatable bonds is 4. The quantitative estimate of drug-likeness (QED) is 0.876. The molecule has 0 saturated heterocycles. The van der Waals surface area contributed by atoms with E-state index in [9.17, 15) is 9.90 Å². The third-order valence-corrected chi connectivity index (χ3v) is 2.58. The van der Waals surface area contributed by atoms with E-state index < -0.39 is 5.60 Å². The van der Waals surface area contributed by atoms with E-state index in [4.69, 9.17) is 0 Å². The zero-order valence-corrected chi connectivity index (χ0v) is 11.7. The predicted molar refractivity (Wildman–Crippen MR) is 69.4 cm³/mol. The summed E-state index contributed by atoms with van der Waals surface area (Å²) in [5.74, 6) is -0.116. The molecule has 0 saturated carbocycles. The summed E-state index contributed by atoms with van der Waals surface area (Å²) < 4.78 is 0. The lowest BCUT2D eigenvalue weighted by Gasteiger charge is -2.28. The van der Waals surface area contributed by atoms with Gasteiger partial charge >= 0.3 is 0 Å². The average Bonchev–Trinajstić information content (AvgIpc) is 2.27. The molecule has 1 heterocycles. The van der Waals surface area contributed by atoms with E-state index in [0.717, 1.165) is 0 Å². The van der Waals surface area contributed by atoms with Gasteiger partial charge in [0.1, 0.15) is 0 Å². The summed E-state index contributed by atoms with van der Waals surface area (Å²) in [5.41, 5.74) is 0.964. The Morgan fingerprint density at radius 1 is 1.39 bits per heavy atom. The first kappa shape index (κ1) is 14.6. The number of likely N-dealkylation sites (N-methyl/N-ethyl adjacent to an activating group) is 1. The molecule has 5 nitrogen and oxygen atoms in total. The number of aliphatic hydroxyl groups is 1. The lowest BCUT2D eigenvalue weighted by molar-refractivity contribution is 0.0314. The van der Waals surface area contributed by atoms with Crippen molar-refractivity contribution < 1.29 is 9.90 Å². The molecule has 1 N–H and O–H groups in total. The fraction of sp³-hybridized carbons (Fsp3) is 0.615. The van der Waals surface area contributed by atoms with Crippen LogP contribution < -0.4 is 0 Å². The Morgan fingerprint density at radius 3 is 2.50 bits per heavy atom. The molecular weight excluding hydrogens is 230 g/mol. The number of carbonyl (C=O) groups excluding carboxylic acids is 1. The number of hydrogen-bond acceptors (Lipinski definition) is 4. The molecule has 1 aromatic heterocycles. The molecule has 0 unspecified atom stereocenters. The molecule has 0 aliphatic carbocycles. The van der Waals surface area contributed by atoms with Crippen molar-refractivity contribution in [2.75, 3.05) is 13.1 Å². The van der Waals surface area contributed by atoms with Gasteiger partial charge in [0.25, 0.3) is 5.91 Å². The normalized spacial score (nSPS) is 11.4. The molecule has 0 spiro atoms. The second-order valence-electron chi connectivity index (χ2n) is 5.12. The Bertz CT molecular complexity index is 438. The van der Waals surface area contributed by atoms with Gasteiger partial charge in [0, 0.05) is 13.1 Å². The number of hydrogen-bond donors (Lipinski definition) is 1. The van der Waals surface area contributed by atoms with Gasteiger partial charge in [-0.1, -0.05) is 0 Å². The minimum atomic E-state index is -0.908. The van der Waals surface area contributed by atoms with Crippen LogP contribution in [-0.2, 0) is 0 Å². The molecule has 0 fully saturated rings. The van der Waals surface area contributed by atoms with Crippen molar-refractivity contribution in [1.29, 1.82) is 0 Å². The maximum absolute atomic E-state index is 12.4. The molecule has 1 aromatic rings. The number of aromatic nitrogens is 2. The van der Waals surface area contributed by atoms with Gasteiger partial charge in [-0.05, 0) is 40.7 Å². The lowest BCUT2D eigenvalue weighted by Crippen LogP contribution is -2.42. The first-order valence-corrected chi connectivity index (χ1v) is 6.07. The molecule has 0 aromatic carbocycles. The smallest absolute Gasteiger partial charge is 0.255 e. The maximum atomic E-state index is 12.4. The predicted octanol–water partition coefficient (Wildman–Crippen LogP) is 1.33. The van der Waals surface area contributed by atoms with Gasteiger partial charge in [0.05, 0.1) is 22.6 Å². The third kappa shape index (κ3) is 3.77. The summed E-state index contributed by atoms with van der Waals surface area (Å²) in [6.45, 7) is 9.66. The van der Waals surface area contributed by atoms with Crippen molar-refractivity contribution in [1.82, 2.24) is 15.1 Å². The Balaban J connectivity index is 3.00. The minimum absolute atomic E-state index is 0.116. The summed E-state index contributed by atoms with van der Waals surface area (Å²) in [6, 6.07) is 1.73. The zero-order chi connectivity index (χ0) is 13.9. The maximum Gasteiger partial charge on any atom is 0.255 e. The molecule has 0 atom stereocenters. The highest BCUT2D eigenvalue weighted by molar-refractivity contribution is 5.95. The Hall–Kier alpha value is -1.49. The van der Waals surface area contributed by atoms with Gasteiger partial charge in [0.15, 0.2) is 0 Å². The largest absolute Gasteiger partial charge is 0.389 e. The van der Waals surface area contributed by atoms with E-state index in [0.29, 0.717) is 30.0 Å². The van der Waals surface area contributed by atoms with E-state index in [-0.39, 0.29) is 5.91 Å². The first-order valence-electron chi connectivity index (χ1n) is 6.07. The van der Waals surface area contributed by atoms with Crippen molar-refractivity contribution >= 4 is 5.91 Å². The van der Waals surface area contributed by atoms with Gasteiger partial charge in [-0.15, -0.1) is 0 Å². The summed E-state index contributed by atoms with van der Waals surface area (Å²) in [5, 5.41) is 17.7. The molecule has 0 bridgehead atoms. The fourth-order valence-corrected chi connectivity index (χ4v) is 1.73. The summed E-state index contributed by atoms with van der Waals surface area (Å²) in [6.07, 6.45) is 0. The van der Waals surface area contributed by atoms with Crippen LogP contribution in [0.4, 0.5) is 0 Å². The number of amides is 1. The van der Waals surface area contributed by atoms with E-state index >= 15 is 0 Å². The minimum Gasteiger partial charge on any atom is -0.389 e. The molecule has 1 rings (SSSR count). The highest BCUT2D eigenvalue weighted by Crippen LogP contribution is 2.12. The SMILES string of the molecule is CCN(CC(C)(C)O)C(=O)c1cc(C)nnc1C. The summed E-state index contributed by atoms with van der Waals surface area (Å²) >= 11 is 0. The number of nitrogens with zero attached hydrogens (tertiary/aromatic N) is 3. The molecule has 0 radical (unpaired) electrons. The molecule has 1 amide bonds. The Morgan fingerprint density at radius 2 is 2.00 bits per heavy atom. The zero-order valence-electron chi connectivity index (χ0n) is 11.7. The van der Waals surface area contributed by atoms with Crippen LogP contribution in [0.2, 0.25) is 0 Å². The van der Waals surface area contributed by atoms with Gasteiger partial charge in [0.2, 0.25) is 0 Å². The Labute approximate surface area is 108 Å². The fourth-order valence-electron chi connectivity index (χ4n) is 1.73. The van der Waals surface area contributed by atoms with E-state index in [1.807, 2.05) is 6.92 Å². The van der Waals surface area contributed by atoms with Crippen molar-refractivity contribution in [3.05, 3.63) is 23.0 Å². The van der Waals surface area contributed by atoms with Crippen LogP contribution >= 0.6 is 0 Å². The second-order valence-corrected chi connectivity index (χ2v) is 5.12. The van der Waals surface area contributed by atoms with E-state index in [2.05, 4.69) is 10.2 Å². The summed E-state index contributed by atoms with van der Waals surface area (Å²) in [7, 11) is 0. The topological polar surface area (TPSA) is 66.3 Å². The van der Waals surface area contributed by atoms with Gasteiger partial charge < -0.3 is 10.0 Å². The lowest BCUT2D eigenvalue weighted by atomic mass is 10.1. The van der Waals surface area contributed by atoms with Crippen molar-refractivity contribution in [2.24, 2.45) is 0 Å².